The summed E-state index contributed by atoms with van der Waals surface area (Å²) in [6.45, 7) is 2.58. The Hall–Kier alpha value is -1.06. The predicted molar refractivity (Wildman–Crippen MR) is 72.3 cm³/mol. The summed E-state index contributed by atoms with van der Waals surface area (Å²) in [4.78, 5) is 11.7. The normalized spacial score (nSPS) is 10.3. The third kappa shape index (κ3) is 4.75. The van der Waals surface area contributed by atoms with Gasteiger partial charge in [0.15, 0.2) is 0 Å². The first-order valence-corrected chi connectivity index (χ1v) is 6.28. The van der Waals surface area contributed by atoms with Crippen LogP contribution >= 0.6 is 11.6 Å². The molecule has 3 nitrogen and oxygen atoms in total. The molecule has 1 rings (SSSR count). The maximum Gasteiger partial charge on any atom is 0.224 e. The minimum Gasteiger partial charge on any atom is -0.330 e. The van der Waals surface area contributed by atoms with E-state index in [-0.39, 0.29) is 5.91 Å². The lowest BCUT2D eigenvalue weighted by Crippen LogP contribution is -2.12. The van der Waals surface area contributed by atoms with Crippen molar-refractivity contribution in [2.24, 2.45) is 5.73 Å². The highest BCUT2D eigenvalue weighted by Crippen LogP contribution is 2.23. The van der Waals surface area contributed by atoms with E-state index in [1.165, 1.54) is 0 Å². The summed E-state index contributed by atoms with van der Waals surface area (Å²) < 4.78 is 0. The number of carbonyl (C=O) groups excluding carboxylic acids is 1. The Morgan fingerprint density at radius 2 is 2.12 bits per heavy atom. The Balaban J connectivity index is 2.43. The van der Waals surface area contributed by atoms with Crippen LogP contribution < -0.4 is 11.1 Å². The van der Waals surface area contributed by atoms with Crippen molar-refractivity contribution >= 4 is 23.2 Å². The number of amides is 1. The van der Waals surface area contributed by atoms with Gasteiger partial charge in [-0.05, 0) is 44.0 Å². The fraction of sp³-hybridized carbons (Fsp3) is 0.462. The summed E-state index contributed by atoms with van der Waals surface area (Å²) >= 11 is 5.98. The van der Waals surface area contributed by atoms with Crippen molar-refractivity contribution in [1.82, 2.24) is 0 Å². The number of benzene rings is 1. The van der Waals surface area contributed by atoms with Gasteiger partial charge in [0.1, 0.15) is 0 Å². The van der Waals surface area contributed by atoms with Gasteiger partial charge >= 0.3 is 0 Å². The quantitative estimate of drug-likeness (QED) is 0.767. The van der Waals surface area contributed by atoms with Crippen molar-refractivity contribution in [1.29, 1.82) is 0 Å². The lowest BCUT2D eigenvalue weighted by atomic mass is 10.1. The van der Waals surface area contributed by atoms with Crippen LogP contribution in [0.2, 0.25) is 5.02 Å². The van der Waals surface area contributed by atoms with Crippen molar-refractivity contribution in [2.75, 3.05) is 11.9 Å². The summed E-state index contributed by atoms with van der Waals surface area (Å²) in [5.41, 5.74) is 7.09. The van der Waals surface area contributed by atoms with E-state index in [0.717, 1.165) is 30.5 Å². The second kappa shape index (κ2) is 7.30. The Morgan fingerprint density at radius 3 is 2.82 bits per heavy atom. The van der Waals surface area contributed by atoms with E-state index >= 15 is 0 Å². The smallest absolute Gasteiger partial charge is 0.224 e. The molecule has 1 aromatic carbocycles. The first-order chi connectivity index (χ1) is 8.15. The minimum absolute atomic E-state index is 0.0346. The van der Waals surface area contributed by atoms with E-state index in [0.29, 0.717) is 18.0 Å². The molecule has 4 heteroatoms. The Labute approximate surface area is 107 Å². The van der Waals surface area contributed by atoms with Crippen molar-refractivity contribution in [3.05, 3.63) is 28.8 Å². The molecular weight excluding hydrogens is 236 g/mol. The van der Waals surface area contributed by atoms with Crippen LogP contribution in [0.1, 0.15) is 31.2 Å². The molecule has 1 amide bonds. The Kier molecular flexibility index (Phi) is 6.01. The average Bonchev–Trinajstić information content (AvgIpc) is 2.31. The van der Waals surface area contributed by atoms with Crippen LogP contribution in [0.25, 0.3) is 0 Å². The number of nitrogens with one attached hydrogen (secondary N) is 1. The topological polar surface area (TPSA) is 55.1 Å². The molecule has 3 N–H and O–H groups in total. The summed E-state index contributed by atoms with van der Waals surface area (Å²) in [6, 6.07) is 5.51. The zero-order valence-electron chi connectivity index (χ0n) is 10.1. The molecule has 0 aliphatic carbocycles. The molecule has 0 aliphatic heterocycles. The van der Waals surface area contributed by atoms with Gasteiger partial charge in [-0.15, -0.1) is 0 Å². The van der Waals surface area contributed by atoms with Gasteiger partial charge in [-0.1, -0.05) is 24.1 Å². The highest BCUT2D eigenvalue weighted by Gasteiger charge is 2.06. The molecule has 0 heterocycles. The fourth-order valence-electron chi connectivity index (χ4n) is 1.56. The number of rotatable bonds is 6. The van der Waals surface area contributed by atoms with E-state index in [1.807, 2.05) is 25.1 Å². The zero-order chi connectivity index (χ0) is 12.7. The molecule has 94 valence electrons. The van der Waals surface area contributed by atoms with Gasteiger partial charge in [-0.25, -0.2) is 0 Å². The molecule has 0 aliphatic rings. The molecular formula is C13H19ClN2O. The summed E-state index contributed by atoms with van der Waals surface area (Å²) in [6.07, 6.45) is 3.39. The molecule has 0 fully saturated rings. The van der Waals surface area contributed by atoms with Crippen molar-refractivity contribution in [3.8, 4) is 0 Å². The third-order valence-electron chi connectivity index (χ3n) is 2.65. The molecule has 0 radical (unpaired) electrons. The third-order valence-corrected chi connectivity index (χ3v) is 3.06. The van der Waals surface area contributed by atoms with Gasteiger partial charge in [-0.3, -0.25) is 4.79 Å². The minimum atomic E-state index is 0.0346. The molecule has 0 aromatic heterocycles. The standard InChI is InChI=1S/C13H19ClN2O/c1-10-11(14)6-5-7-12(10)16-13(17)8-3-2-4-9-15/h5-7H,2-4,8-9,15H2,1H3,(H,16,17). The molecule has 0 spiro atoms. The van der Waals surface area contributed by atoms with Crippen LogP contribution in [0.15, 0.2) is 18.2 Å². The monoisotopic (exact) mass is 254 g/mol. The average molecular weight is 255 g/mol. The zero-order valence-corrected chi connectivity index (χ0v) is 10.9. The second-order valence-corrected chi connectivity index (χ2v) is 4.47. The lowest BCUT2D eigenvalue weighted by molar-refractivity contribution is -0.116. The highest BCUT2D eigenvalue weighted by molar-refractivity contribution is 6.31. The van der Waals surface area contributed by atoms with Gasteiger partial charge in [0.2, 0.25) is 5.91 Å². The van der Waals surface area contributed by atoms with Crippen molar-refractivity contribution in [2.45, 2.75) is 32.6 Å². The van der Waals surface area contributed by atoms with Crippen molar-refractivity contribution < 1.29 is 4.79 Å². The van der Waals surface area contributed by atoms with Crippen molar-refractivity contribution in [3.63, 3.8) is 0 Å². The van der Waals surface area contributed by atoms with E-state index in [1.54, 1.807) is 0 Å². The molecule has 0 atom stereocenters. The molecule has 17 heavy (non-hydrogen) atoms. The number of anilines is 1. The predicted octanol–water partition coefficient (Wildman–Crippen LogP) is 3.11. The SMILES string of the molecule is Cc1c(Cl)cccc1NC(=O)CCCCCN. The van der Waals surface area contributed by atoms with Gasteiger partial charge in [0.25, 0.3) is 0 Å². The fourth-order valence-corrected chi connectivity index (χ4v) is 1.74. The van der Waals surface area contributed by atoms with E-state index in [2.05, 4.69) is 5.32 Å². The number of unbranched alkanes of at least 4 members (excludes halogenated alkanes) is 2. The van der Waals surface area contributed by atoms with Crippen LogP contribution in [-0.2, 0) is 4.79 Å². The summed E-state index contributed by atoms with van der Waals surface area (Å²) in [7, 11) is 0. The second-order valence-electron chi connectivity index (χ2n) is 4.06. The maximum absolute atomic E-state index is 11.7. The molecule has 0 saturated carbocycles. The van der Waals surface area contributed by atoms with Crippen LogP contribution in [0.5, 0.6) is 0 Å². The van der Waals surface area contributed by atoms with Gasteiger partial charge in [-0.2, -0.15) is 0 Å². The molecule has 0 saturated heterocycles. The number of hydrogen-bond donors (Lipinski definition) is 2. The number of hydrogen-bond acceptors (Lipinski definition) is 2. The first kappa shape index (κ1) is 14.0. The molecule has 1 aromatic rings. The number of nitrogens with two attached hydrogens (primary N) is 1. The van der Waals surface area contributed by atoms with Gasteiger partial charge < -0.3 is 11.1 Å². The van der Waals surface area contributed by atoms with Crippen LogP contribution in [0.4, 0.5) is 5.69 Å². The number of carbonyl (C=O) groups is 1. The van der Waals surface area contributed by atoms with Crippen LogP contribution in [-0.4, -0.2) is 12.5 Å². The Morgan fingerprint density at radius 1 is 1.35 bits per heavy atom. The van der Waals surface area contributed by atoms with E-state index in [4.69, 9.17) is 17.3 Å². The van der Waals surface area contributed by atoms with E-state index < -0.39 is 0 Å². The lowest BCUT2D eigenvalue weighted by Gasteiger charge is -2.09. The maximum atomic E-state index is 11.7. The van der Waals surface area contributed by atoms with Crippen LogP contribution in [0, 0.1) is 6.92 Å². The van der Waals surface area contributed by atoms with Gasteiger partial charge in [0, 0.05) is 17.1 Å². The molecule has 0 bridgehead atoms. The molecule has 0 unspecified atom stereocenters. The Bertz CT molecular complexity index is 380. The summed E-state index contributed by atoms with van der Waals surface area (Å²) in [5.74, 6) is 0.0346. The van der Waals surface area contributed by atoms with Crippen LogP contribution in [0.3, 0.4) is 0 Å². The van der Waals surface area contributed by atoms with Gasteiger partial charge in [0.05, 0.1) is 0 Å². The first-order valence-electron chi connectivity index (χ1n) is 5.90. The largest absolute Gasteiger partial charge is 0.330 e. The highest BCUT2D eigenvalue weighted by atomic mass is 35.5. The summed E-state index contributed by atoms with van der Waals surface area (Å²) in [5, 5.41) is 3.55. The van der Waals surface area contributed by atoms with E-state index in [9.17, 15) is 4.79 Å². The number of halogens is 1.